The molecule has 0 radical (unpaired) electrons. The van der Waals surface area contributed by atoms with E-state index in [9.17, 15) is 4.79 Å². The highest BCUT2D eigenvalue weighted by atomic mass is 35.5. The van der Waals surface area contributed by atoms with Crippen LogP contribution in [-0.4, -0.2) is 37.2 Å². The van der Waals surface area contributed by atoms with Crippen LogP contribution in [0.1, 0.15) is 18.7 Å². The molecule has 0 fully saturated rings. The number of fused-ring (bicyclic) bond motifs is 1. The number of amides is 1. The molecule has 4 heterocycles. The normalized spacial score (nSPS) is 15.4. The molecule has 6 rings (SSSR count). The molecule has 0 saturated carbocycles. The van der Waals surface area contributed by atoms with Gasteiger partial charge in [0.1, 0.15) is 16.6 Å². The van der Waals surface area contributed by atoms with Gasteiger partial charge in [-0.05, 0) is 19.1 Å². The minimum Gasteiger partial charge on any atom is -0.423 e. The zero-order valence-corrected chi connectivity index (χ0v) is 20.8. The summed E-state index contributed by atoms with van der Waals surface area (Å²) in [5.41, 5.74) is 3.60. The van der Waals surface area contributed by atoms with E-state index in [4.69, 9.17) is 16.0 Å². The van der Waals surface area contributed by atoms with Crippen LogP contribution in [0.15, 0.2) is 81.5 Å². The number of aliphatic imine (C=N–C) groups is 1. The second-order valence-electron chi connectivity index (χ2n) is 8.02. The molecule has 0 saturated heterocycles. The van der Waals surface area contributed by atoms with E-state index < -0.39 is 11.9 Å². The Bertz CT molecular complexity index is 1640. The van der Waals surface area contributed by atoms with Gasteiger partial charge in [0.2, 0.25) is 11.1 Å². The molecule has 1 amide bonds. The van der Waals surface area contributed by atoms with Crippen LogP contribution >= 0.6 is 22.9 Å². The van der Waals surface area contributed by atoms with Crippen molar-refractivity contribution in [1.29, 1.82) is 0 Å². The van der Waals surface area contributed by atoms with Crippen LogP contribution in [0, 0.1) is 0 Å². The Morgan fingerprint density at radius 3 is 2.70 bits per heavy atom. The Balaban J connectivity index is 1.28. The molecule has 37 heavy (non-hydrogen) atoms. The van der Waals surface area contributed by atoms with Crippen LogP contribution in [0.25, 0.3) is 21.7 Å². The molecule has 11 nitrogen and oxygen atoms in total. The number of hydrogen-bond donors (Lipinski definition) is 4. The van der Waals surface area contributed by atoms with Gasteiger partial charge in [0.25, 0.3) is 5.91 Å². The zero-order valence-electron chi connectivity index (χ0n) is 19.2. The van der Waals surface area contributed by atoms with Crippen molar-refractivity contribution in [1.82, 2.24) is 30.7 Å². The van der Waals surface area contributed by atoms with Crippen molar-refractivity contribution in [3.8, 4) is 10.6 Å². The fourth-order valence-corrected chi connectivity index (χ4v) is 4.82. The number of H-pyrrole nitrogens is 1. The molecule has 1 aliphatic rings. The third-order valence-electron chi connectivity index (χ3n) is 5.57. The predicted molar refractivity (Wildman–Crippen MR) is 141 cm³/mol. The van der Waals surface area contributed by atoms with Crippen molar-refractivity contribution in [3.05, 3.63) is 82.8 Å². The number of nitrogens with one attached hydrogen (secondary N) is 4. The molecule has 4 N–H and O–H groups in total. The second-order valence-corrected chi connectivity index (χ2v) is 9.40. The number of carbonyl (C=O) groups excluding carboxylic acids is 1. The average molecular weight is 532 g/mol. The summed E-state index contributed by atoms with van der Waals surface area (Å²) in [6, 6.07) is 16.5. The molecular formula is C24H18ClN9O2S. The molecular weight excluding hydrogens is 514 g/mol. The highest BCUT2D eigenvalue weighted by molar-refractivity contribution is 7.18. The van der Waals surface area contributed by atoms with E-state index in [0.717, 1.165) is 5.56 Å². The van der Waals surface area contributed by atoms with Crippen molar-refractivity contribution in [2.24, 2.45) is 4.99 Å². The summed E-state index contributed by atoms with van der Waals surface area (Å²) in [5.74, 6) is -0.0698. The lowest BCUT2D eigenvalue weighted by molar-refractivity contribution is -0.113. The second kappa shape index (κ2) is 9.48. The number of hydrogen-bond acceptors (Lipinski definition) is 10. The minimum absolute atomic E-state index is 0.255. The van der Waals surface area contributed by atoms with Gasteiger partial charge in [-0.25, -0.2) is 4.99 Å². The molecule has 5 aromatic rings. The van der Waals surface area contributed by atoms with E-state index in [1.807, 2.05) is 54.6 Å². The summed E-state index contributed by atoms with van der Waals surface area (Å²) in [4.78, 5) is 22.6. The number of para-hydroxylation sites is 2. The van der Waals surface area contributed by atoms with Crippen molar-refractivity contribution in [2.45, 2.75) is 13.0 Å². The Morgan fingerprint density at radius 2 is 1.92 bits per heavy atom. The zero-order chi connectivity index (χ0) is 25.4. The van der Waals surface area contributed by atoms with Gasteiger partial charge in [0, 0.05) is 11.3 Å². The topological polar surface area (TPSA) is 146 Å². The molecule has 1 unspecified atom stereocenters. The fourth-order valence-electron chi connectivity index (χ4n) is 3.88. The van der Waals surface area contributed by atoms with Gasteiger partial charge in [-0.1, -0.05) is 65.4 Å². The third kappa shape index (κ3) is 4.55. The molecule has 1 atom stereocenters. The summed E-state index contributed by atoms with van der Waals surface area (Å²) >= 11 is 7.65. The first kappa shape index (κ1) is 22.9. The lowest BCUT2D eigenvalue weighted by atomic mass is 10.00. The van der Waals surface area contributed by atoms with Crippen LogP contribution in [-0.2, 0) is 4.79 Å². The highest BCUT2D eigenvalue weighted by Gasteiger charge is 2.32. The summed E-state index contributed by atoms with van der Waals surface area (Å²) in [6.45, 7) is 1.77. The molecule has 13 heteroatoms. The first-order chi connectivity index (χ1) is 18.0. The largest absolute Gasteiger partial charge is 0.423 e. The summed E-state index contributed by atoms with van der Waals surface area (Å²) in [7, 11) is 0. The number of rotatable bonds is 5. The molecule has 3 aromatic heterocycles. The van der Waals surface area contributed by atoms with E-state index in [1.165, 1.54) is 17.5 Å². The van der Waals surface area contributed by atoms with Crippen LogP contribution in [0.2, 0.25) is 5.02 Å². The summed E-state index contributed by atoms with van der Waals surface area (Å²) in [5, 5.41) is 25.6. The Labute approximate surface area is 218 Å². The van der Waals surface area contributed by atoms with Crippen LogP contribution in [0.4, 0.5) is 11.1 Å². The first-order valence-electron chi connectivity index (χ1n) is 11.1. The van der Waals surface area contributed by atoms with E-state index in [2.05, 4.69) is 46.3 Å². The van der Waals surface area contributed by atoms with Gasteiger partial charge in [-0.15, -0.1) is 10.2 Å². The fraction of sp³-hybridized carbons (Fsp3) is 0.0833. The van der Waals surface area contributed by atoms with Gasteiger partial charge in [0.15, 0.2) is 5.58 Å². The quantitative estimate of drug-likeness (QED) is 0.254. The molecule has 2 aromatic carbocycles. The van der Waals surface area contributed by atoms with Crippen LogP contribution < -0.4 is 16.0 Å². The number of nitrogens with zero attached hydrogens (tertiary/aromatic N) is 5. The van der Waals surface area contributed by atoms with Gasteiger partial charge < -0.3 is 9.73 Å². The van der Waals surface area contributed by atoms with E-state index >= 15 is 0 Å². The summed E-state index contributed by atoms with van der Waals surface area (Å²) < 4.78 is 5.75. The van der Waals surface area contributed by atoms with Crippen molar-refractivity contribution < 1.29 is 9.21 Å². The molecule has 184 valence electrons. The van der Waals surface area contributed by atoms with Crippen molar-refractivity contribution in [2.75, 3.05) is 10.6 Å². The maximum Gasteiger partial charge on any atom is 0.302 e. The molecule has 0 bridgehead atoms. The number of aromatic amines is 1. The van der Waals surface area contributed by atoms with Crippen LogP contribution in [0.3, 0.4) is 0 Å². The number of guanidine groups is 1. The Morgan fingerprint density at radius 1 is 1.11 bits per heavy atom. The first-order valence-corrected chi connectivity index (χ1v) is 12.3. The lowest BCUT2D eigenvalue weighted by Gasteiger charge is -2.25. The van der Waals surface area contributed by atoms with E-state index in [1.54, 1.807) is 6.92 Å². The van der Waals surface area contributed by atoms with Gasteiger partial charge in [-0.2, -0.15) is 10.1 Å². The summed E-state index contributed by atoms with van der Waals surface area (Å²) in [6.07, 6.45) is 1.46. The van der Waals surface area contributed by atoms with Crippen molar-refractivity contribution >= 4 is 57.1 Å². The lowest BCUT2D eigenvalue weighted by Crippen LogP contribution is -2.37. The monoisotopic (exact) mass is 531 g/mol. The average Bonchev–Trinajstić information content (AvgIpc) is 3.63. The standard InChI is InChI=1S/C24H18ClN9O2S/c1-12-17(20(35)30-24-34-33-21(37-24)13-7-3-2-4-8-13)19(18-14(25)11-26-32-18)29-22(27-12)31-23-28-15-9-5-6-10-16(15)36-23/h2-11,19H,1H3,(H,26,32)(H,30,34,35)(H2,27,28,29,31). The SMILES string of the molecule is CC1=C(C(=O)Nc2nnc(-c3ccccc3)s2)C(c2[nH]ncc2Cl)N=C(Nc2nc3ccccc3o2)N1. The van der Waals surface area contributed by atoms with Crippen molar-refractivity contribution in [3.63, 3.8) is 0 Å². The number of allylic oxidation sites excluding steroid dienone is 1. The van der Waals surface area contributed by atoms with E-state index in [-0.39, 0.29) is 6.01 Å². The number of anilines is 2. The van der Waals surface area contributed by atoms with Gasteiger partial charge >= 0.3 is 6.01 Å². The molecule has 0 spiro atoms. The predicted octanol–water partition coefficient (Wildman–Crippen LogP) is 4.75. The number of halogens is 1. The number of carbonyl (C=O) groups is 1. The van der Waals surface area contributed by atoms with Gasteiger partial charge in [-0.3, -0.25) is 20.5 Å². The maximum absolute atomic E-state index is 13.5. The maximum atomic E-state index is 13.5. The number of aromatic nitrogens is 5. The number of benzene rings is 2. The highest BCUT2D eigenvalue weighted by Crippen LogP contribution is 2.35. The Hall–Kier alpha value is -4.55. The molecule has 1 aliphatic heterocycles. The smallest absolute Gasteiger partial charge is 0.302 e. The third-order valence-corrected chi connectivity index (χ3v) is 6.75. The van der Waals surface area contributed by atoms with Gasteiger partial charge in [0.05, 0.1) is 22.5 Å². The molecule has 0 aliphatic carbocycles. The van der Waals surface area contributed by atoms with Crippen LogP contribution in [0.5, 0.6) is 0 Å². The van der Waals surface area contributed by atoms with E-state index in [0.29, 0.717) is 49.2 Å². The Kier molecular flexibility index (Phi) is 5.87. The number of oxazole rings is 1. The minimum atomic E-state index is -0.787.